The van der Waals surface area contributed by atoms with Gasteiger partial charge in [0.2, 0.25) is 0 Å². The first-order valence-corrected chi connectivity index (χ1v) is 9.00. The number of aromatic nitrogens is 3. The SMILES string of the molecule is O=C(NCC1CCOC1)N1CCC(n2nc(C3CC3)[nH]c2=O)CC1. The molecule has 4 rings (SSSR count). The number of nitrogens with one attached hydrogen (secondary N) is 2. The molecule has 1 unspecified atom stereocenters. The molecule has 2 N–H and O–H groups in total. The van der Waals surface area contributed by atoms with E-state index in [1.54, 1.807) is 4.68 Å². The number of carbonyl (C=O) groups is 1. The number of nitrogens with zero attached hydrogens (tertiary/aromatic N) is 3. The van der Waals surface area contributed by atoms with Gasteiger partial charge in [-0.1, -0.05) is 0 Å². The number of piperidine rings is 1. The zero-order valence-corrected chi connectivity index (χ0v) is 13.9. The zero-order valence-electron chi connectivity index (χ0n) is 13.9. The minimum atomic E-state index is -0.110. The van der Waals surface area contributed by atoms with Crippen LogP contribution in [-0.4, -0.2) is 58.5 Å². The fourth-order valence-corrected chi connectivity index (χ4v) is 3.54. The van der Waals surface area contributed by atoms with Gasteiger partial charge in [0.05, 0.1) is 12.6 Å². The molecular formula is C16H25N5O3. The van der Waals surface area contributed by atoms with E-state index in [4.69, 9.17) is 4.74 Å². The Kier molecular flexibility index (Phi) is 4.30. The van der Waals surface area contributed by atoms with Crippen molar-refractivity contribution in [2.75, 3.05) is 32.8 Å². The summed E-state index contributed by atoms with van der Waals surface area (Å²) in [5.41, 5.74) is -0.110. The van der Waals surface area contributed by atoms with Gasteiger partial charge in [-0.05, 0) is 32.1 Å². The molecule has 3 aliphatic rings. The third-order valence-electron chi connectivity index (χ3n) is 5.29. The van der Waals surface area contributed by atoms with E-state index in [1.807, 2.05) is 4.90 Å². The normalized spacial score (nSPS) is 25.2. The predicted molar refractivity (Wildman–Crippen MR) is 87.0 cm³/mol. The van der Waals surface area contributed by atoms with Gasteiger partial charge in [-0.3, -0.25) is 4.98 Å². The predicted octanol–water partition coefficient (Wildman–Crippen LogP) is 0.832. The largest absolute Gasteiger partial charge is 0.381 e. The van der Waals surface area contributed by atoms with Crippen molar-refractivity contribution in [3.63, 3.8) is 0 Å². The molecule has 1 aromatic rings. The maximum Gasteiger partial charge on any atom is 0.343 e. The van der Waals surface area contributed by atoms with E-state index in [0.717, 1.165) is 51.1 Å². The Morgan fingerprint density at radius 3 is 2.71 bits per heavy atom. The van der Waals surface area contributed by atoms with E-state index in [9.17, 15) is 9.59 Å². The first-order valence-electron chi connectivity index (χ1n) is 9.00. The van der Waals surface area contributed by atoms with Crippen LogP contribution < -0.4 is 11.0 Å². The number of urea groups is 1. The molecule has 1 aromatic heterocycles. The van der Waals surface area contributed by atoms with Gasteiger partial charge in [0.1, 0.15) is 5.82 Å². The van der Waals surface area contributed by atoms with Crippen LogP contribution in [0.5, 0.6) is 0 Å². The third-order valence-corrected chi connectivity index (χ3v) is 5.29. The molecule has 8 heteroatoms. The smallest absolute Gasteiger partial charge is 0.343 e. The van der Waals surface area contributed by atoms with Gasteiger partial charge in [-0.15, -0.1) is 0 Å². The molecule has 8 nitrogen and oxygen atoms in total. The van der Waals surface area contributed by atoms with Gasteiger partial charge in [0, 0.05) is 38.1 Å². The lowest BCUT2D eigenvalue weighted by atomic mass is 10.1. The molecule has 132 valence electrons. The molecular weight excluding hydrogens is 310 g/mol. The molecule has 2 saturated heterocycles. The van der Waals surface area contributed by atoms with Crippen molar-refractivity contribution in [3.05, 3.63) is 16.3 Å². The molecule has 0 aromatic carbocycles. The standard InChI is InChI=1S/C16H25N5O3/c22-15(17-9-11-5-8-24-10-11)20-6-3-13(4-7-20)21-16(23)18-14(19-21)12-1-2-12/h11-13H,1-10H2,(H,17,22)(H,18,19,23). The van der Waals surface area contributed by atoms with Crippen LogP contribution in [0.25, 0.3) is 0 Å². The lowest BCUT2D eigenvalue weighted by molar-refractivity contribution is 0.163. The lowest BCUT2D eigenvalue weighted by Gasteiger charge is -2.31. The highest BCUT2D eigenvalue weighted by Crippen LogP contribution is 2.37. The summed E-state index contributed by atoms with van der Waals surface area (Å²) in [6.07, 6.45) is 4.81. The van der Waals surface area contributed by atoms with Crippen LogP contribution in [0.15, 0.2) is 4.79 Å². The van der Waals surface area contributed by atoms with E-state index in [0.29, 0.717) is 31.5 Å². The number of hydrogen-bond donors (Lipinski definition) is 2. The summed E-state index contributed by atoms with van der Waals surface area (Å²) in [6, 6.07) is 0.0851. The quantitative estimate of drug-likeness (QED) is 0.852. The van der Waals surface area contributed by atoms with E-state index < -0.39 is 0 Å². The second-order valence-corrected chi connectivity index (χ2v) is 7.17. The Balaban J connectivity index is 1.28. The molecule has 3 fully saturated rings. The summed E-state index contributed by atoms with van der Waals surface area (Å²) in [6.45, 7) is 3.55. The highest BCUT2D eigenvalue weighted by molar-refractivity contribution is 5.74. The van der Waals surface area contributed by atoms with Crippen molar-refractivity contribution >= 4 is 6.03 Å². The van der Waals surface area contributed by atoms with Crippen molar-refractivity contribution in [2.24, 2.45) is 5.92 Å². The van der Waals surface area contributed by atoms with Crippen LogP contribution in [0, 0.1) is 5.92 Å². The van der Waals surface area contributed by atoms with Crippen LogP contribution in [-0.2, 0) is 4.74 Å². The number of carbonyl (C=O) groups excluding carboxylic acids is 1. The molecule has 0 bridgehead atoms. The van der Waals surface area contributed by atoms with Gasteiger partial charge in [0.25, 0.3) is 0 Å². The minimum absolute atomic E-state index is 0.00612. The molecule has 1 atom stereocenters. The second kappa shape index (κ2) is 6.58. The van der Waals surface area contributed by atoms with E-state index in [2.05, 4.69) is 15.4 Å². The first-order chi connectivity index (χ1) is 11.7. The Labute approximate surface area is 140 Å². The average Bonchev–Trinajstić information content (AvgIpc) is 3.18. The van der Waals surface area contributed by atoms with Gasteiger partial charge >= 0.3 is 11.7 Å². The molecule has 3 heterocycles. The van der Waals surface area contributed by atoms with Crippen LogP contribution in [0.4, 0.5) is 4.79 Å². The van der Waals surface area contributed by atoms with Gasteiger partial charge in [0.15, 0.2) is 0 Å². The van der Waals surface area contributed by atoms with Crippen LogP contribution in [0.2, 0.25) is 0 Å². The summed E-state index contributed by atoms with van der Waals surface area (Å²) >= 11 is 0. The highest BCUT2D eigenvalue weighted by Gasteiger charge is 2.30. The van der Waals surface area contributed by atoms with Crippen molar-refractivity contribution in [2.45, 2.75) is 44.1 Å². The summed E-state index contributed by atoms with van der Waals surface area (Å²) in [5.74, 6) is 1.72. The number of aromatic amines is 1. The number of hydrogen-bond acceptors (Lipinski definition) is 4. The van der Waals surface area contributed by atoms with Gasteiger partial charge < -0.3 is 15.0 Å². The lowest BCUT2D eigenvalue weighted by Crippen LogP contribution is -2.46. The minimum Gasteiger partial charge on any atom is -0.381 e. The average molecular weight is 335 g/mol. The molecule has 0 spiro atoms. The van der Waals surface area contributed by atoms with Crippen LogP contribution in [0.1, 0.15) is 49.9 Å². The topological polar surface area (TPSA) is 92.2 Å². The van der Waals surface area contributed by atoms with Gasteiger partial charge in [-0.2, -0.15) is 5.10 Å². The molecule has 24 heavy (non-hydrogen) atoms. The highest BCUT2D eigenvalue weighted by atomic mass is 16.5. The van der Waals surface area contributed by atoms with E-state index in [-0.39, 0.29) is 17.8 Å². The first kappa shape index (κ1) is 15.7. The fraction of sp³-hybridized carbons (Fsp3) is 0.812. The maximum atomic E-state index is 12.3. The summed E-state index contributed by atoms with van der Waals surface area (Å²) in [7, 11) is 0. The maximum absolute atomic E-state index is 12.3. The summed E-state index contributed by atoms with van der Waals surface area (Å²) in [5, 5.41) is 7.47. The summed E-state index contributed by atoms with van der Waals surface area (Å²) in [4.78, 5) is 29.0. The molecule has 2 aliphatic heterocycles. The number of likely N-dealkylation sites (tertiary alicyclic amines) is 1. The van der Waals surface area contributed by atoms with E-state index in [1.165, 1.54) is 0 Å². The number of rotatable bonds is 4. The van der Waals surface area contributed by atoms with Crippen molar-refractivity contribution in [3.8, 4) is 0 Å². The Morgan fingerprint density at radius 2 is 2.04 bits per heavy atom. The Hall–Kier alpha value is -1.83. The molecule has 1 aliphatic carbocycles. The van der Waals surface area contributed by atoms with Crippen molar-refractivity contribution in [1.29, 1.82) is 0 Å². The second-order valence-electron chi connectivity index (χ2n) is 7.17. The van der Waals surface area contributed by atoms with Crippen molar-refractivity contribution in [1.82, 2.24) is 25.0 Å². The Morgan fingerprint density at radius 1 is 1.25 bits per heavy atom. The van der Waals surface area contributed by atoms with Crippen LogP contribution >= 0.6 is 0 Å². The molecule has 0 radical (unpaired) electrons. The number of H-pyrrole nitrogens is 1. The summed E-state index contributed by atoms with van der Waals surface area (Å²) < 4.78 is 6.92. The Bertz CT molecular complexity index is 636. The fourth-order valence-electron chi connectivity index (χ4n) is 3.54. The monoisotopic (exact) mass is 335 g/mol. The zero-order chi connectivity index (χ0) is 16.5. The van der Waals surface area contributed by atoms with E-state index >= 15 is 0 Å². The van der Waals surface area contributed by atoms with Crippen LogP contribution in [0.3, 0.4) is 0 Å². The number of ether oxygens (including phenoxy) is 1. The number of amides is 2. The van der Waals surface area contributed by atoms with Crippen molar-refractivity contribution < 1.29 is 9.53 Å². The molecule has 2 amide bonds. The molecule has 1 saturated carbocycles. The third kappa shape index (κ3) is 3.33. The van der Waals surface area contributed by atoms with Gasteiger partial charge in [-0.25, -0.2) is 14.3 Å².